The molecule has 7 heteroatoms. The highest BCUT2D eigenvalue weighted by atomic mass is 19.2. The Kier molecular flexibility index (Phi) is 3.16. The number of ether oxygens (including phenoxy) is 2. The molecule has 1 saturated carbocycles. The van der Waals surface area contributed by atoms with Gasteiger partial charge >= 0.3 is 0 Å². The third-order valence-corrected chi connectivity index (χ3v) is 4.50. The Bertz CT molecular complexity index is 805. The molecule has 2 nitrogen and oxygen atoms in total. The maximum Gasteiger partial charge on any atom is 0.191 e. The summed E-state index contributed by atoms with van der Waals surface area (Å²) in [5.41, 5.74) is -2.31. The normalized spacial score (nSPS) is 23.9. The molecule has 4 rings (SSSR count). The Morgan fingerprint density at radius 1 is 0.833 bits per heavy atom. The second-order valence-corrected chi connectivity index (χ2v) is 6.03. The monoisotopic (exact) mass is 342 g/mol. The Hall–Kier alpha value is -2.15. The molecule has 2 aromatic carbocycles. The molecular formula is C17H11F5O2. The smallest absolute Gasteiger partial charge is 0.191 e. The third kappa shape index (κ3) is 2.18. The molecule has 1 saturated heterocycles. The van der Waals surface area contributed by atoms with Crippen LogP contribution in [0.15, 0.2) is 30.3 Å². The van der Waals surface area contributed by atoms with E-state index in [1.807, 2.05) is 0 Å². The SMILES string of the molecule is Fc1ccc(C2(C3(Oc4c(F)cc(F)cc4F)CC3)CO2)c(F)c1. The van der Waals surface area contributed by atoms with E-state index in [2.05, 4.69) is 0 Å². The number of rotatable bonds is 4. The van der Waals surface area contributed by atoms with Crippen LogP contribution in [0, 0.1) is 29.1 Å². The van der Waals surface area contributed by atoms with Gasteiger partial charge in [-0.1, -0.05) is 6.07 Å². The van der Waals surface area contributed by atoms with Crippen LogP contribution in [0.3, 0.4) is 0 Å². The first-order valence-corrected chi connectivity index (χ1v) is 7.30. The van der Waals surface area contributed by atoms with Crippen molar-refractivity contribution in [2.75, 3.05) is 6.61 Å². The van der Waals surface area contributed by atoms with Crippen molar-refractivity contribution in [3.63, 3.8) is 0 Å². The predicted molar refractivity (Wildman–Crippen MR) is 72.9 cm³/mol. The standard InChI is InChI=1S/C17H11F5O2/c18-9-1-2-11(12(20)5-9)17(8-23-17)16(3-4-16)24-15-13(21)6-10(19)7-14(15)22/h1-2,5-7H,3-4,8H2. The first-order valence-electron chi connectivity index (χ1n) is 7.30. The second kappa shape index (κ2) is 4.92. The van der Waals surface area contributed by atoms with Gasteiger partial charge in [0.05, 0.1) is 6.61 Å². The van der Waals surface area contributed by atoms with Crippen molar-refractivity contribution in [1.29, 1.82) is 0 Å². The van der Waals surface area contributed by atoms with Gasteiger partial charge in [0.1, 0.15) is 23.1 Å². The molecule has 0 aromatic heterocycles. The largest absolute Gasteiger partial charge is 0.478 e. The number of benzene rings is 2. The molecule has 2 aliphatic rings. The molecule has 0 bridgehead atoms. The number of hydrogen-bond donors (Lipinski definition) is 0. The average molecular weight is 342 g/mol. The molecule has 2 fully saturated rings. The number of halogens is 5. The quantitative estimate of drug-likeness (QED) is 0.613. The van der Waals surface area contributed by atoms with Crippen LogP contribution in [0.4, 0.5) is 22.0 Å². The summed E-state index contributed by atoms with van der Waals surface area (Å²) in [5, 5.41) is 0. The van der Waals surface area contributed by atoms with Gasteiger partial charge in [0, 0.05) is 23.8 Å². The van der Waals surface area contributed by atoms with Gasteiger partial charge in [-0.15, -0.1) is 0 Å². The Morgan fingerprint density at radius 3 is 1.92 bits per heavy atom. The zero-order valence-electron chi connectivity index (χ0n) is 12.2. The van der Waals surface area contributed by atoms with E-state index in [-0.39, 0.29) is 12.2 Å². The summed E-state index contributed by atoms with van der Waals surface area (Å²) in [5.74, 6) is -5.73. The van der Waals surface area contributed by atoms with Gasteiger partial charge in [0.15, 0.2) is 23.0 Å². The minimum atomic E-state index is -1.22. The van der Waals surface area contributed by atoms with Gasteiger partial charge in [-0.2, -0.15) is 0 Å². The molecule has 0 amide bonds. The van der Waals surface area contributed by atoms with Crippen LogP contribution in [0.1, 0.15) is 18.4 Å². The molecule has 1 aliphatic carbocycles. The van der Waals surface area contributed by atoms with Crippen LogP contribution in [-0.4, -0.2) is 12.2 Å². The van der Waals surface area contributed by atoms with Crippen LogP contribution >= 0.6 is 0 Å². The Balaban J connectivity index is 1.71. The topological polar surface area (TPSA) is 21.8 Å². The zero-order chi connectivity index (χ0) is 17.1. The fraction of sp³-hybridized carbons (Fsp3) is 0.294. The summed E-state index contributed by atoms with van der Waals surface area (Å²) in [4.78, 5) is 0. The summed E-state index contributed by atoms with van der Waals surface area (Å²) in [6.07, 6.45) is 0.750. The van der Waals surface area contributed by atoms with Gasteiger partial charge in [-0.05, 0) is 18.9 Å². The minimum absolute atomic E-state index is 0.0735. The lowest BCUT2D eigenvalue weighted by atomic mass is 9.91. The van der Waals surface area contributed by atoms with Gasteiger partial charge in [-0.25, -0.2) is 22.0 Å². The molecule has 1 unspecified atom stereocenters. The molecule has 24 heavy (non-hydrogen) atoms. The van der Waals surface area contributed by atoms with E-state index in [9.17, 15) is 22.0 Å². The molecule has 0 radical (unpaired) electrons. The van der Waals surface area contributed by atoms with Crippen molar-refractivity contribution in [2.24, 2.45) is 0 Å². The molecule has 0 spiro atoms. The van der Waals surface area contributed by atoms with Crippen LogP contribution in [-0.2, 0) is 10.3 Å². The van der Waals surface area contributed by atoms with E-state index >= 15 is 0 Å². The lowest BCUT2D eigenvalue weighted by molar-refractivity contribution is 0.0623. The van der Waals surface area contributed by atoms with E-state index in [4.69, 9.17) is 9.47 Å². The van der Waals surface area contributed by atoms with E-state index in [1.165, 1.54) is 6.07 Å². The summed E-state index contributed by atoms with van der Waals surface area (Å²) in [6, 6.07) is 4.05. The predicted octanol–water partition coefficient (Wildman–Crippen LogP) is 4.22. The summed E-state index contributed by atoms with van der Waals surface area (Å²) < 4.78 is 78.8. The maximum atomic E-state index is 14.1. The number of epoxide rings is 1. The third-order valence-electron chi connectivity index (χ3n) is 4.50. The molecule has 1 aliphatic heterocycles. The molecular weight excluding hydrogens is 331 g/mol. The van der Waals surface area contributed by atoms with Crippen molar-refractivity contribution in [1.82, 2.24) is 0 Å². The Labute approximate surface area is 133 Å². The molecule has 1 atom stereocenters. The van der Waals surface area contributed by atoms with Gasteiger partial charge in [0.2, 0.25) is 0 Å². The van der Waals surface area contributed by atoms with Gasteiger partial charge in [0.25, 0.3) is 0 Å². The summed E-state index contributed by atoms with van der Waals surface area (Å²) >= 11 is 0. The van der Waals surface area contributed by atoms with Crippen molar-refractivity contribution in [3.05, 3.63) is 65.0 Å². The second-order valence-electron chi connectivity index (χ2n) is 6.03. The maximum absolute atomic E-state index is 14.1. The molecule has 1 heterocycles. The van der Waals surface area contributed by atoms with E-state index in [1.54, 1.807) is 0 Å². The van der Waals surface area contributed by atoms with E-state index in [0.29, 0.717) is 31.0 Å². The molecule has 2 aromatic rings. The molecule has 126 valence electrons. The van der Waals surface area contributed by atoms with Gasteiger partial charge < -0.3 is 9.47 Å². The molecule has 0 N–H and O–H groups in total. The van der Waals surface area contributed by atoms with E-state index < -0.39 is 46.0 Å². The van der Waals surface area contributed by atoms with Crippen LogP contribution in [0.2, 0.25) is 0 Å². The van der Waals surface area contributed by atoms with E-state index in [0.717, 1.165) is 6.07 Å². The highest BCUT2D eigenvalue weighted by Gasteiger charge is 2.72. The fourth-order valence-electron chi connectivity index (χ4n) is 3.08. The van der Waals surface area contributed by atoms with Crippen molar-refractivity contribution >= 4 is 0 Å². The highest BCUT2D eigenvalue weighted by Crippen LogP contribution is 2.62. The summed E-state index contributed by atoms with van der Waals surface area (Å²) in [7, 11) is 0. The van der Waals surface area contributed by atoms with Crippen LogP contribution in [0.25, 0.3) is 0 Å². The Morgan fingerprint density at radius 2 is 1.42 bits per heavy atom. The highest BCUT2D eigenvalue weighted by molar-refractivity contribution is 5.39. The van der Waals surface area contributed by atoms with Crippen molar-refractivity contribution in [2.45, 2.75) is 24.0 Å². The van der Waals surface area contributed by atoms with Gasteiger partial charge in [-0.3, -0.25) is 0 Å². The first kappa shape index (κ1) is 15.4. The first-order chi connectivity index (χ1) is 11.4. The van der Waals surface area contributed by atoms with Crippen molar-refractivity contribution in [3.8, 4) is 5.75 Å². The fourth-order valence-corrected chi connectivity index (χ4v) is 3.08. The van der Waals surface area contributed by atoms with Crippen LogP contribution < -0.4 is 4.74 Å². The average Bonchev–Trinajstić information content (AvgIpc) is 3.37. The zero-order valence-corrected chi connectivity index (χ0v) is 12.2. The summed E-state index contributed by atoms with van der Waals surface area (Å²) in [6.45, 7) is 0.0833. The lowest BCUT2D eigenvalue weighted by Crippen LogP contribution is -2.37. The van der Waals surface area contributed by atoms with Crippen molar-refractivity contribution < 1.29 is 31.4 Å². The van der Waals surface area contributed by atoms with Crippen LogP contribution in [0.5, 0.6) is 5.75 Å². The lowest BCUT2D eigenvalue weighted by Gasteiger charge is -2.26. The minimum Gasteiger partial charge on any atom is -0.478 e. The number of hydrogen-bond acceptors (Lipinski definition) is 2.